The normalized spacial score (nSPS) is 19.2. The zero-order valence-corrected chi connectivity index (χ0v) is 23.3. The number of nitrogens with one attached hydrogen (secondary N) is 2. The topological polar surface area (TPSA) is 119 Å². The molecule has 10 nitrogen and oxygen atoms in total. The molecule has 4 aromatic heterocycles. The molecule has 2 fully saturated rings. The van der Waals surface area contributed by atoms with Crippen LogP contribution in [0.1, 0.15) is 23.2 Å². The molecular formula is C30H29F2N7O3. The van der Waals surface area contributed by atoms with E-state index in [1.807, 2.05) is 0 Å². The van der Waals surface area contributed by atoms with Crippen molar-refractivity contribution in [2.45, 2.75) is 18.9 Å². The number of H-pyrrole nitrogens is 1. The van der Waals surface area contributed by atoms with Crippen molar-refractivity contribution in [3.8, 4) is 11.1 Å². The Kier molecular flexibility index (Phi) is 5.94. The number of aromatic nitrogens is 4. The molecule has 3 N–H and O–H groups in total. The van der Waals surface area contributed by atoms with Crippen molar-refractivity contribution >= 4 is 50.3 Å². The van der Waals surface area contributed by atoms with E-state index >= 15 is 4.39 Å². The number of aromatic carboxylic acids is 1. The van der Waals surface area contributed by atoms with Crippen LogP contribution in [0.4, 0.5) is 20.2 Å². The molecule has 42 heavy (non-hydrogen) atoms. The van der Waals surface area contributed by atoms with Gasteiger partial charge in [-0.15, -0.1) is 0 Å². The first kappa shape index (κ1) is 26.3. The van der Waals surface area contributed by atoms with E-state index in [4.69, 9.17) is 0 Å². The van der Waals surface area contributed by atoms with Crippen LogP contribution in [0.5, 0.6) is 0 Å². The van der Waals surface area contributed by atoms with Crippen LogP contribution in [0.2, 0.25) is 0 Å². The molecule has 0 radical (unpaired) electrons. The second-order valence-corrected chi connectivity index (χ2v) is 11.3. The number of hydrogen-bond acceptors (Lipinski definition) is 7. The third-order valence-corrected chi connectivity index (χ3v) is 9.04. The second kappa shape index (κ2) is 9.48. The van der Waals surface area contributed by atoms with Gasteiger partial charge in [-0.2, -0.15) is 0 Å². The molecule has 1 aromatic carbocycles. The van der Waals surface area contributed by atoms with E-state index in [9.17, 15) is 19.1 Å². The second-order valence-electron chi connectivity index (χ2n) is 11.3. The Morgan fingerprint density at radius 2 is 1.90 bits per heavy atom. The van der Waals surface area contributed by atoms with Crippen molar-refractivity contribution < 1.29 is 18.7 Å². The van der Waals surface area contributed by atoms with Gasteiger partial charge in [0.05, 0.1) is 33.1 Å². The number of pyridine rings is 3. The van der Waals surface area contributed by atoms with E-state index in [-0.39, 0.29) is 16.3 Å². The van der Waals surface area contributed by atoms with Crippen LogP contribution in [0.3, 0.4) is 0 Å². The van der Waals surface area contributed by atoms with Gasteiger partial charge in [0.1, 0.15) is 16.9 Å². The lowest BCUT2D eigenvalue weighted by Crippen LogP contribution is -2.47. The average molecular weight is 574 g/mol. The van der Waals surface area contributed by atoms with E-state index in [2.05, 4.69) is 37.1 Å². The van der Waals surface area contributed by atoms with E-state index in [1.165, 1.54) is 10.8 Å². The van der Waals surface area contributed by atoms with Gasteiger partial charge in [-0.3, -0.25) is 4.79 Å². The standard InChI is InChI=1S/C30H29F2N7O3/c1-33-20-9-19(31)24(32)22-23-26(39-7-5-14-4-6-37(2)21(14)13-39)17(11-34-28(23)36-25(20)22)15-8-16-27(40)18(30(41)42)12-38(3)29(16)35-10-15/h8-12,14,21,33H,4-7,13H2,1-3H3,(H,34,36)(H,41,42). The number of halogens is 2. The number of rotatable bonds is 4. The Balaban J connectivity index is 1.54. The predicted octanol–water partition coefficient (Wildman–Crippen LogP) is 4.18. The molecule has 2 atom stereocenters. The first-order valence-electron chi connectivity index (χ1n) is 13.9. The molecule has 0 saturated carbocycles. The van der Waals surface area contributed by atoms with Crippen LogP contribution >= 0.6 is 0 Å². The van der Waals surface area contributed by atoms with Crippen molar-refractivity contribution in [1.82, 2.24) is 24.4 Å². The lowest BCUT2D eigenvalue weighted by Gasteiger charge is -2.39. The minimum absolute atomic E-state index is 0.0958. The Morgan fingerprint density at radius 1 is 1.12 bits per heavy atom. The number of carboxylic acid groups (broad SMARTS) is 1. The van der Waals surface area contributed by atoms with Crippen LogP contribution in [0.15, 0.2) is 35.5 Å². The molecule has 216 valence electrons. The third kappa shape index (κ3) is 3.78. The Morgan fingerprint density at radius 3 is 2.67 bits per heavy atom. The maximum absolute atomic E-state index is 15.7. The molecular weight excluding hydrogens is 544 g/mol. The SMILES string of the molecule is CNc1cc(F)c(F)c2c1[nH]c1ncc(-c3cnc4c(c3)c(=O)c(C(=O)O)cn4C)c(N3CCC4CCN(C)C4C3)c12. The van der Waals surface area contributed by atoms with Gasteiger partial charge in [-0.05, 0) is 38.4 Å². The summed E-state index contributed by atoms with van der Waals surface area (Å²) in [6.45, 7) is 2.39. The molecule has 0 amide bonds. The van der Waals surface area contributed by atoms with Crippen LogP contribution < -0.4 is 15.6 Å². The van der Waals surface area contributed by atoms with Crippen molar-refractivity contribution in [2.24, 2.45) is 13.0 Å². The minimum Gasteiger partial charge on any atom is -0.477 e. The number of carbonyl (C=O) groups is 1. The molecule has 2 aliphatic rings. The number of hydrogen-bond donors (Lipinski definition) is 3. The van der Waals surface area contributed by atoms with Crippen molar-refractivity contribution in [1.29, 1.82) is 0 Å². The van der Waals surface area contributed by atoms with Gasteiger partial charge < -0.3 is 29.8 Å². The lowest BCUT2D eigenvalue weighted by atomic mass is 9.90. The maximum atomic E-state index is 15.7. The van der Waals surface area contributed by atoms with Gasteiger partial charge in [0.2, 0.25) is 5.43 Å². The van der Waals surface area contributed by atoms with Crippen molar-refractivity contribution in [3.05, 3.63) is 58.1 Å². The molecule has 2 unspecified atom stereocenters. The predicted molar refractivity (Wildman–Crippen MR) is 157 cm³/mol. The summed E-state index contributed by atoms with van der Waals surface area (Å²) in [6.07, 6.45) is 6.57. The average Bonchev–Trinajstić information content (AvgIpc) is 3.56. The monoisotopic (exact) mass is 573 g/mol. The summed E-state index contributed by atoms with van der Waals surface area (Å²) in [5, 5.41) is 13.2. The van der Waals surface area contributed by atoms with Gasteiger partial charge in [-0.1, -0.05) is 0 Å². The number of nitrogens with zero attached hydrogens (tertiary/aromatic N) is 5. The fraction of sp³-hybridized carbons (Fsp3) is 0.333. The summed E-state index contributed by atoms with van der Waals surface area (Å²) in [5.74, 6) is -2.72. The molecule has 2 saturated heterocycles. The van der Waals surface area contributed by atoms with Crippen LogP contribution in [-0.2, 0) is 7.05 Å². The summed E-state index contributed by atoms with van der Waals surface area (Å²) in [4.78, 5) is 41.9. The van der Waals surface area contributed by atoms with E-state index < -0.39 is 23.0 Å². The van der Waals surface area contributed by atoms with E-state index in [1.54, 1.807) is 32.6 Å². The highest BCUT2D eigenvalue weighted by atomic mass is 19.2. The molecule has 6 heterocycles. The summed E-state index contributed by atoms with van der Waals surface area (Å²) in [7, 11) is 5.38. The number of benzene rings is 1. The summed E-state index contributed by atoms with van der Waals surface area (Å²) in [5.41, 5.74) is 2.32. The smallest absolute Gasteiger partial charge is 0.341 e. The van der Waals surface area contributed by atoms with Crippen molar-refractivity contribution in [2.75, 3.05) is 43.9 Å². The van der Waals surface area contributed by atoms with E-state index in [0.717, 1.165) is 25.5 Å². The third-order valence-electron chi connectivity index (χ3n) is 9.04. The number of likely N-dealkylation sites (tertiary alicyclic amines) is 1. The Labute approximate surface area is 238 Å². The largest absolute Gasteiger partial charge is 0.477 e. The number of aryl methyl sites for hydroxylation is 1. The van der Waals surface area contributed by atoms with Crippen LogP contribution in [0.25, 0.3) is 44.1 Å². The molecule has 0 spiro atoms. The summed E-state index contributed by atoms with van der Waals surface area (Å²) < 4.78 is 32.1. The minimum atomic E-state index is -1.33. The maximum Gasteiger partial charge on any atom is 0.341 e. The molecule has 0 bridgehead atoms. The number of aromatic amines is 1. The quantitative estimate of drug-likeness (QED) is 0.293. The fourth-order valence-electron chi connectivity index (χ4n) is 6.90. The number of piperidine rings is 1. The van der Waals surface area contributed by atoms with E-state index in [0.29, 0.717) is 69.7 Å². The van der Waals surface area contributed by atoms with Gasteiger partial charge in [0.25, 0.3) is 0 Å². The number of fused-ring (bicyclic) bond motifs is 5. The molecule has 5 aromatic rings. The number of carboxylic acids is 1. The highest BCUT2D eigenvalue weighted by Gasteiger charge is 2.38. The lowest BCUT2D eigenvalue weighted by molar-refractivity contribution is 0.0695. The highest BCUT2D eigenvalue weighted by molar-refractivity contribution is 6.18. The van der Waals surface area contributed by atoms with Crippen LogP contribution in [-0.4, -0.2) is 75.3 Å². The molecule has 0 aliphatic carbocycles. The highest BCUT2D eigenvalue weighted by Crippen LogP contribution is 2.45. The first-order chi connectivity index (χ1) is 20.2. The Bertz CT molecular complexity index is 2000. The summed E-state index contributed by atoms with van der Waals surface area (Å²) in [6, 6.07) is 3.04. The fourth-order valence-corrected chi connectivity index (χ4v) is 6.90. The number of likely N-dealkylation sites (N-methyl/N-ethyl adjacent to an activating group) is 1. The zero-order valence-electron chi connectivity index (χ0n) is 23.3. The molecule has 7 rings (SSSR count). The van der Waals surface area contributed by atoms with Gasteiger partial charge in [-0.25, -0.2) is 23.5 Å². The molecule has 12 heteroatoms. The first-order valence-corrected chi connectivity index (χ1v) is 13.9. The number of anilines is 2. The Hall–Kier alpha value is -4.58. The van der Waals surface area contributed by atoms with Crippen LogP contribution in [0, 0.1) is 17.6 Å². The summed E-state index contributed by atoms with van der Waals surface area (Å²) >= 11 is 0. The van der Waals surface area contributed by atoms with Crippen molar-refractivity contribution in [3.63, 3.8) is 0 Å². The van der Waals surface area contributed by atoms with Gasteiger partial charge in [0, 0.05) is 69.0 Å². The molecule has 2 aliphatic heterocycles. The van der Waals surface area contributed by atoms with Gasteiger partial charge in [0.15, 0.2) is 11.6 Å². The van der Waals surface area contributed by atoms with Gasteiger partial charge >= 0.3 is 5.97 Å². The zero-order chi connectivity index (χ0) is 29.4.